The van der Waals surface area contributed by atoms with E-state index in [1.54, 1.807) is 6.08 Å². The Balaban J connectivity index is 0. The molecule has 0 saturated heterocycles. The summed E-state index contributed by atoms with van der Waals surface area (Å²) in [6, 6.07) is -0.131. The van der Waals surface area contributed by atoms with Gasteiger partial charge in [-0.15, -0.1) is 30.6 Å². The van der Waals surface area contributed by atoms with E-state index in [4.69, 9.17) is 10.5 Å². The van der Waals surface area contributed by atoms with Gasteiger partial charge in [-0.1, -0.05) is 19.9 Å². The summed E-state index contributed by atoms with van der Waals surface area (Å²) >= 11 is 0. The third-order valence-corrected chi connectivity index (χ3v) is 2.39. The summed E-state index contributed by atoms with van der Waals surface area (Å²) in [7, 11) is 0. The quantitative estimate of drug-likeness (QED) is 0.270. The molecule has 0 spiro atoms. The molecule has 0 radical (unpaired) electrons. The van der Waals surface area contributed by atoms with Crippen LogP contribution in [0.25, 0.3) is 0 Å². The number of nitrogens with zero attached hydrogens (tertiary/aromatic N) is 1. The number of carbonyl (C=O) groups excluding carboxylic acids is 1. The summed E-state index contributed by atoms with van der Waals surface area (Å²) in [6.07, 6.45) is 1.25. The molecule has 1 atom stereocenters. The van der Waals surface area contributed by atoms with Crippen LogP contribution in [-0.4, -0.2) is 36.8 Å². The van der Waals surface area contributed by atoms with Crippen molar-refractivity contribution in [1.29, 1.82) is 0 Å². The third kappa shape index (κ3) is 12.5. The molecular weight excluding hydrogens is 383 g/mol. The highest BCUT2D eigenvalue weighted by atomic mass is 127. The van der Waals surface area contributed by atoms with E-state index in [0.717, 1.165) is 0 Å². The maximum atomic E-state index is 11.7. The van der Waals surface area contributed by atoms with Crippen molar-refractivity contribution in [2.75, 3.05) is 13.1 Å². The fourth-order valence-corrected chi connectivity index (χ4v) is 1.31. The van der Waals surface area contributed by atoms with Crippen LogP contribution in [0.1, 0.15) is 34.6 Å². The van der Waals surface area contributed by atoms with Gasteiger partial charge in [0.15, 0.2) is 5.96 Å². The fraction of sp³-hybridized carbons (Fsp3) is 0.714. The molecule has 4 N–H and O–H groups in total. The van der Waals surface area contributed by atoms with E-state index in [2.05, 4.69) is 22.2 Å². The highest BCUT2D eigenvalue weighted by Crippen LogP contribution is 2.08. The Kier molecular flexibility index (Phi) is 11.4. The highest BCUT2D eigenvalue weighted by Gasteiger charge is 2.21. The molecule has 0 aliphatic rings. The molecule has 0 fully saturated rings. The molecule has 0 aliphatic carbocycles. The Bertz CT molecular complexity index is 351. The first-order chi connectivity index (χ1) is 9.15. The first-order valence-corrected chi connectivity index (χ1v) is 6.80. The maximum Gasteiger partial charge on any atom is 0.407 e. The maximum absolute atomic E-state index is 11.7. The normalized spacial score (nSPS) is 13.1. The summed E-state index contributed by atoms with van der Waals surface area (Å²) < 4.78 is 5.23. The van der Waals surface area contributed by atoms with Gasteiger partial charge in [0.1, 0.15) is 5.60 Å². The number of alkyl carbamates (subject to hydrolysis) is 1. The number of nitrogens with one attached hydrogen (secondary N) is 2. The number of carbonyl (C=O) groups is 1. The van der Waals surface area contributed by atoms with Crippen LogP contribution in [0.2, 0.25) is 0 Å². The molecule has 0 aliphatic heterocycles. The van der Waals surface area contributed by atoms with Crippen molar-refractivity contribution < 1.29 is 9.53 Å². The van der Waals surface area contributed by atoms with Crippen LogP contribution in [0.5, 0.6) is 0 Å². The SMILES string of the molecule is C=CCNC(N)=NCC(NC(=O)OC(C)(C)C)C(C)C.I. The number of amides is 1. The van der Waals surface area contributed by atoms with E-state index in [-0.39, 0.29) is 35.9 Å². The van der Waals surface area contributed by atoms with E-state index >= 15 is 0 Å². The van der Waals surface area contributed by atoms with Crippen LogP contribution in [0.4, 0.5) is 4.79 Å². The topological polar surface area (TPSA) is 88.7 Å². The number of rotatable bonds is 6. The molecule has 7 heteroatoms. The second-order valence-corrected chi connectivity index (χ2v) is 5.89. The highest BCUT2D eigenvalue weighted by molar-refractivity contribution is 14.0. The van der Waals surface area contributed by atoms with Gasteiger partial charge in [-0.2, -0.15) is 0 Å². The number of hydrogen-bond donors (Lipinski definition) is 3. The Labute approximate surface area is 145 Å². The van der Waals surface area contributed by atoms with Crippen molar-refractivity contribution in [3.8, 4) is 0 Å². The van der Waals surface area contributed by atoms with Crippen LogP contribution in [0.15, 0.2) is 17.6 Å². The van der Waals surface area contributed by atoms with Crippen molar-refractivity contribution in [3.05, 3.63) is 12.7 Å². The first kappa shape index (κ1) is 22.3. The second kappa shape index (κ2) is 10.7. The Morgan fingerprint density at radius 3 is 2.43 bits per heavy atom. The molecule has 0 saturated carbocycles. The minimum Gasteiger partial charge on any atom is -0.444 e. The zero-order valence-corrected chi connectivity index (χ0v) is 15.9. The average Bonchev–Trinajstić information content (AvgIpc) is 2.29. The van der Waals surface area contributed by atoms with E-state index in [1.165, 1.54) is 0 Å². The van der Waals surface area contributed by atoms with Gasteiger partial charge < -0.3 is 21.1 Å². The predicted molar refractivity (Wildman–Crippen MR) is 98.1 cm³/mol. The van der Waals surface area contributed by atoms with E-state index < -0.39 is 11.7 Å². The Hall–Kier alpha value is -0.990. The van der Waals surface area contributed by atoms with E-state index in [0.29, 0.717) is 19.0 Å². The summed E-state index contributed by atoms with van der Waals surface area (Å²) in [5.41, 5.74) is 5.17. The molecule has 6 nitrogen and oxygen atoms in total. The van der Waals surface area contributed by atoms with E-state index in [9.17, 15) is 4.79 Å². The third-order valence-electron chi connectivity index (χ3n) is 2.39. The lowest BCUT2D eigenvalue weighted by molar-refractivity contribution is 0.0493. The van der Waals surface area contributed by atoms with Gasteiger partial charge in [0.2, 0.25) is 0 Å². The minimum atomic E-state index is -0.514. The molecule has 0 heterocycles. The zero-order chi connectivity index (χ0) is 15.8. The van der Waals surface area contributed by atoms with Crippen molar-refractivity contribution in [3.63, 3.8) is 0 Å². The van der Waals surface area contributed by atoms with Crippen molar-refractivity contribution in [2.45, 2.75) is 46.3 Å². The second-order valence-electron chi connectivity index (χ2n) is 5.89. The van der Waals surface area contributed by atoms with Crippen molar-refractivity contribution in [1.82, 2.24) is 10.6 Å². The fourth-order valence-electron chi connectivity index (χ4n) is 1.31. The van der Waals surface area contributed by atoms with Gasteiger partial charge in [-0.25, -0.2) is 4.79 Å². The van der Waals surface area contributed by atoms with Crippen molar-refractivity contribution >= 4 is 36.0 Å². The van der Waals surface area contributed by atoms with Gasteiger partial charge in [0.25, 0.3) is 0 Å². The lowest BCUT2D eigenvalue weighted by Crippen LogP contribution is -2.44. The number of halogens is 1. The standard InChI is InChI=1S/C14H28N4O2.HI/c1-7-8-16-12(15)17-9-11(10(2)3)18-13(19)20-14(4,5)6;/h7,10-11H,1,8-9H2,2-6H3,(H,18,19)(H3,15,16,17);1H. The van der Waals surface area contributed by atoms with Crippen LogP contribution in [0, 0.1) is 5.92 Å². The summed E-state index contributed by atoms with van der Waals surface area (Å²) in [4.78, 5) is 15.9. The lowest BCUT2D eigenvalue weighted by atomic mass is 10.1. The van der Waals surface area contributed by atoms with Gasteiger partial charge in [-0.3, -0.25) is 4.99 Å². The number of ether oxygens (including phenoxy) is 1. The summed E-state index contributed by atoms with van der Waals surface area (Å²) in [5.74, 6) is 0.556. The van der Waals surface area contributed by atoms with Gasteiger partial charge in [0, 0.05) is 6.54 Å². The van der Waals surface area contributed by atoms with Crippen LogP contribution in [-0.2, 0) is 4.74 Å². The predicted octanol–water partition coefficient (Wildman–Crippen LogP) is 2.24. The molecule has 1 amide bonds. The smallest absolute Gasteiger partial charge is 0.407 e. The summed E-state index contributed by atoms with van der Waals surface area (Å²) in [6.45, 7) is 14.0. The van der Waals surface area contributed by atoms with E-state index in [1.807, 2.05) is 34.6 Å². The molecule has 1 unspecified atom stereocenters. The average molecular weight is 412 g/mol. The van der Waals surface area contributed by atoms with Crippen LogP contribution < -0.4 is 16.4 Å². The van der Waals surface area contributed by atoms with Crippen LogP contribution >= 0.6 is 24.0 Å². The number of guanidine groups is 1. The molecule has 0 rings (SSSR count). The molecule has 0 aromatic rings. The molecule has 0 aromatic carbocycles. The number of aliphatic imine (C=N–C) groups is 1. The first-order valence-electron chi connectivity index (χ1n) is 6.80. The van der Waals surface area contributed by atoms with Crippen LogP contribution in [0.3, 0.4) is 0 Å². The van der Waals surface area contributed by atoms with Gasteiger partial charge in [0.05, 0.1) is 12.6 Å². The van der Waals surface area contributed by atoms with Gasteiger partial charge >= 0.3 is 6.09 Å². The molecule has 0 aromatic heterocycles. The molecule has 0 bridgehead atoms. The number of hydrogen-bond acceptors (Lipinski definition) is 3. The monoisotopic (exact) mass is 412 g/mol. The zero-order valence-electron chi connectivity index (χ0n) is 13.6. The lowest BCUT2D eigenvalue weighted by Gasteiger charge is -2.24. The van der Waals surface area contributed by atoms with Crippen molar-refractivity contribution in [2.24, 2.45) is 16.6 Å². The van der Waals surface area contributed by atoms with Gasteiger partial charge in [-0.05, 0) is 26.7 Å². The summed E-state index contributed by atoms with van der Waals surface area (Å²) in [5, 5.41) is 5.70. The molecular formula is C14H29IN4O2. The number of nitrogens with two attached hydrogens (primary N) is 1. The Morgan fingerprint density at radius 2 is 2.00 bits per heavy atom. The Morgan fingerprint density at radius 1 is 1.43 bits per heavy atom. The minimum absolute atomic E-state index is 0. The molecule has 124 valence electrons. The largest absolute Gasteiger partial charge is 0.444 e. The molecule has 21 heavy (non-hydrogen) atoms.